The highest BCUT2D eigenvalue weighted by Gasteiger charge is 2.35. The van der Waals surface area contributed by atoms with E-state index >= 15 is 0 Å². The summed E-state index contributed by atoms with van der Waals surface area (Å²) in [5.74, 6) is -0.379. The van der Waals surface area contributed by atoms with Crippen molar-refractivity contribution < 1.29 is 43.9 Å². The molecule has 5 rings (SSSR count). The minimum atomic E-state index is -4.89. The minimum absolute atomic E-state index is 0.0601. The lowest BCUT2D eigenvalue weighted by atomic mass is 9.98. The number of ether oxygens (including phenoxy) is 1. The first-order valence-electron chi connectivity index (χ1n) is 12.0. The summed E-state index contributed by atoms with van der Waals surface area (Å²) in [7, 11) is -3.54. The number of sulfone groups is 1. The van der Waals surface area contributed by atoms with Crippen molar-refractivity contribution in [1.82, 2.24) is 14.8 Å². The van der Waals surface area contributed by atoms with Crippen molar-refractivity contribution in [3.8, 4) is 45.1 Å². The fourth-order valence-corrected chi connectivity index (χ4v) is 4.97. The molecule has 218 valence electrons. The standard InChI is InChI=1S/C28H19F6N3O4S/c1-16-12-24(27(29,30)31)36-37(16)23-11-8-19(18-4-3-5-21(13-18)42(2,38)39)14-22(23)26-25(35-15-40-26)17-6-9-20(10-7-17)41-28(32,33)34/h3-15H,1-2H3. The van der Waals surface area contributed by atoms with Crippen LogP contribution in [-0.4, -0.2) is 35.8 Å². The summed E-state index contributed by atoms with van der Waals surface area (Å²) in [6, 6.07) is 16.5. The zero-order valence-corrected chi connectivity index (χ0v) is 22.5. The predicted octanol–water partition coefficient (Wildman–Crippen LogP) is 7.49. The molecule has 0 aliphatic carbocycles. The van der Waals surface area contributed by atoms with Gasteiger partial charge in [0.2, 0.25) is 0 Å². The van der Waals surface area contributed by atoms with E-state index in [0.717, 1.165) is 35.5 Å². The Bertz CT molecular complexity index is 1870. The van der Waals surface area contributed by atoms with Gasteiger partial charge in [0.25, 0.3) is 0 Å². The first-order chi connectivity index (χ1) is 19.6. The van der Waals surface area contributed by atoms with Crippen LogP contribution in [0.2, 0.25) is 0 Å². The Morgan fingerprint density at radius 2 is 1.52 bits per heavy atom. The SMILES string of the molecule is Cc1cc(C(F)(F)F)nn1-c1ccc(-c2cccc(S(C)(=O)=O)c2)cc1-c1ocnc1-c1ccc(OC(F)(F)F)cc1. The van der Waals surface area contributed by atoms with E-state index in [1.807, 2.05) is 0 Å². The lowest BCUT2D eigenvalue weighted by Crippen LogP contribution is -2.16. The first-order valence-corrected chi connectivity index (χ1v) is 13.9. The molecule has 0 bridgehead atoms. The largest absolute Gasteiger partial charge is 0.573 e. The molecule has 3 aromatic carbocycles. The van der Waals surface area contributed by atoms with Crippen LogP contribution in [0.4, 0.5) is 26.3 Å². The highest BCUT2D eigenvalue weighted by molar-refractivity contribution is 7.90. The molecule has 0 N–H and O–H groups in total. The summed E-state index contributed by atoms with van der Waals surface area (Å²) >= 11 is 0. The van der Waals surface area contributed by atoms with E-state index < -0.39 is 33.8 Å². The predicted molar refractivity (Wildman–Crippen MR) is 139 cm³/mol. The van der Waals surface area contributed by atoms with Gasteiger partial charge in [-0.25, -0.2) is 18.1 Å². The van der Waals surface area contributed by atoms with Gasteiger partial charge in [-0.1, -0.05) is 18.2 Å². The van der Waals surface area contributed by atoms with Crippen molar-refractivity contribution in [3.63, 3.8) is 0 Å². The molecule has 0 spiro atoms. The molecule has 0 aliphatic heterocycles. The van der Waals surface area contributed by atoms with Gasteiger partial charge in [-0.05, 0) is 72.6 Å². The van der Waals surface area contributed by atoms with E-state index in [0.29, 0.717) is 16.7 Å². The van der Waals surface area contributed by atoms with Gasteiger partial charge in [0.05, 0.1) is 10.6 Å². The Morgan fingerprint density at radius 1 is 0.857 bits per heavy atom. The molecule has 5 aromatic rings. The van der Waals surface area contributed by atoms with Gasteiger partial charge in [-0.3, -0.25) is 0 Å². The number of aryl methyl sites for hydroxylation is 1. The van der Waals surface area contributed by atoms with Crippen molar-refractivity contribution in [1.29, 1.82) is 0 Å². The lowest BCUT2D eigenvalue weighted by Gasteiger charge is -2.14. The average Bonchev–Trinajstić information content (AvgIpc) is 3.54. The molecule has 0 saturated heterocycles. The van der Waals surface area contributed by atoms with Crippen LogP contribution in [0.1, 0.15) is 11.4 Å². The number of hydrogen-bond acceptors (Lipinski definition) is 6. The average molecular weight is 608 g/mol. The number of nitrogens with zero attached hydrogens (tertiary/aromatic N) is 3. The van der Waals surface area contributed by atoms with Gasteiger partial charge in [-0.15, -0.1) is 13.2 Å². The third-order valence-electron chi connectivity index (χ3n) is 6.17. The Morgan fingerprint density at radius 3 is 2.14 bits per heavy atom. The van der Waals surface area contributed by atoms with Crippen LogP contribution in [-0.2, 0) is 16.0 Å². The zero-order chi connectivity index (χ0) is 30.4. The van der Waals surface area contributed by atoms with Gasteiger partial charge in [0, 0.05) is 23.1 Å². The highest BCUT2D eigenvalue weighted by Crippen LogP contribution is 2.39. The van der Waals surface area contributed by atoms with Crippen LogP contribution < -0.4 is 4.74 Å². The number of benzene rings is 3. The van der Waals surface area contributed by atoms with Crippen LogP contribution in [0.25, 0.3) is 39.4 Å². The van der Waals surface area contributed by atoms with Gasteiger partial charge >= 0.3 is 12.5 Å². The maximum absolute atomic E-state index is 13.5. The summed E-state index contributed by atoms with van der Waals surface area (Å²) in [6.45, 7) is 1.44. The fourth-order valence-electron chi connectivity index (χ4n) is 4.30. The van der Waals surface area contributed by atoms with Crippen LogP contribution in [0.15, 0.2) is 88.5 Å². The second-order valence-corrected chi connectivity index (χ2v) is 11.2. The van der Waals surface area contributed by atoms with Gasteiger partial charge in [-0.2, -0.15) is 18.3 Å². The van der Waals surface area contributed by atoms with E-state index in [1.165, 1.54) is 37.3 Å². The van der Waals surface area contributed by atoms with E-state index in [1.54, 1.807) is 24.3 Å². The van der Waals surface area contributed by atoms with Gasteiger partial charge < -0.3 is 9.15 Å². The van der Waals surface area contributed by atoms with Gasteiger partial charge in [0.15, 0.2) is 27.7 Å². The molecular formula is C28H19F6N3O4S. The number of halogens is 6. The van der Waals surface area contributed by atoms with Crippen molar-refractivity contribution in [3.05, 3.63) is 90.6 Å². The maximum atomic E-state index is 13.5. The summed E-state index contributed by atoms with van der Waals surface area (Å²) < 4.78 is 113. The third-order valence-corrected chi connectivity index (χ3v) is 7.28. The Labute approximate surface area is 234 Å². The molecule has 0 radical (unpaired) electrons. The molecule has 2 heterocycles. The molecule has 7 nitrogen and oxygen atoms in total. The lowest BCUT2D eigenvalue weighted by molar-refractivity contribution is -0.274. The molecule has 14 heteroatoms. The normalized spacial score (nSPS) is 12.5. The molecule has 0 aliphatic rings. The first kappa shape index (κ1) is 28.9. The summed E-state index contributed by atoms with van der Waals surface area (Å²) in [5, 5.41) is 3.75. The van der Waals surface area contributed by atoms with Crippen molar-refractivity contribution in [2.45, 2.75) is 24.4 Å². The Kier molecular flexibility index (Phi) is 7.13. The quantitative estimate of drug-likeness (QED) is 0.186. The molecule has 42 heavy (non-hydrogen) atoms. The molecule has 0 fully saturated rings. The minimum Gasteiger partial charge on any atom is -0.443 e. The molecule has 0 atom stereocenters. The smallest absolute Gasteiger partial charge is 0.443 e. The number of rotatable bonds is 6. The van der Waals surface area contributed by atoms with E-state index in [-0.39, 0.29) is 33.3 Å². The molecule has 0 unspecified atom stereocenters. The van der Waals surface area contributed by atoms with Crippen molar-refractivity contribution in [2.75, 3.05) is 6.26 Å². The Hall–Kier alpha value is -4.59. The number of aromatic nitrogens is 3. The second kappa shape index (κ2) is 10.4. The zero-order valence-electron chi connectivity index (χ0n) is 21.7. The summed E-state index contributed by atoms with van der Waals surface area (Å²) in [6.07, 6.45) is -7.45. The summed E-state index contributed by atoms with van der Waals surface area (Å²) in [4.78, 5) is 4.26. The van der Waals surface area contributed by atoms with E-state index in [2.05, 4.69) is 14.8 Å². The van der Waals surface area contributed by atoms with Crippen LogP contribution in [0.3, 0.4) is 0 Å². The third kappa shape index (κ3) is 6.03. The summed E-state index contributed by atoms with van der Waals surface area (Å²) in [5.41, 5.74) is 0.958. The topological polar surface area (TPSA) is 87.2 Å². The monoisotopic (exact) mass is 607 g/mol. The van der Waals surface area contributed by atoms with Crippen molar-refractivity contribution in [2.24, 2.45) is 0 Å². The second-order valence-electron chi connectivity index (χ2n) is 9.21. The number of alkyl halides is 6. The van der Waals surface area contributed by atoms with E-state index in [9.17, 15) is 34.8 Å². The van der Waals surface area contributed by atoms with E-state index in [4.69, 9.17) is 4.42 Å². The highest BCUT2D eigenvalue weighted by atomic mass is 32.2. The molecule has 0 saturated carbocycles. The maximum Gasteiger partial charge on any atom is 0.573 e. The van der Waals surface area contributed by atoms with Gasteiger partial charge in [0.1, 0.15) is 11.4 Å². The van der Waals surface area contributed by atoms with Crippen LogP contribution in [0.5, 0.6) is 5.75 Å². The van der Waals surface area contributed by atoms with Crippen LogP contribution in [0, 0.1) is 6.92 Å². The fraction of sp³-hybridized carbons (Fsp3) is 0.143. The molecule has 0 amide bonds. The Balaban J connectivity index is 1.69. The number of oxazole rings is 1. The molecule has 2 aromatic heterocycles. The van der Waals surface area contributed by atoms with Crippen LogP contribution >= 0.6 is 0 Å². The van der Waals surface area contributed by atoms with Crippen molar-refractivity contribution >= 4 is 9.84 Å². The number of hydrogen-bond donors (Lipinski definition) is 0. The molecular weight excluding hydrogens is 588 g/mol.